The van der Waals surface area contributed by atoms with Gasteiger partial charge in [-0.25, -0.2) is 0 Å². The van der Waals surface area contributed by atoms with Crippen LogP contribution in [0.4, 0.5) is 0 Å². The van der Waals surface area contributed by atoms with Gasteiger partial charge in [0, 0.05) is 0 Å². The lowest BCUT2D eigenvalue weighted by atomic mass is 9.67. The summed E-state index contributed by atoms with van der Waals surface area (Å²) in [4.78, 5) is 0. The van der Waals surface area contributed by atoms with Crippen molar-refractivity contribution < 1.29 is 0 Å². The third-order valence-electron chi connectivity index (χ3n) is 1.79. The molecule has 0 spiro atoms. The van der Waals surface area contributed by atoms with Gasteiger partial charge in [-0.05, 0) is 0 Å². The van der Waals surface area contributed by atoms with E-state index in [1.54, 1.807) is 0 Å². The minimum absolute atomic E-state index is 1.06. The molecule has 0 bridgehead atoms. The Morgan fingerprint density at radius 1 is 0.857 bits per heavy atom. The first-order valence-corrected chi connectivity index (χ1v) is 3.30. The molecule has 0 aromatic rings. The molecule has 0 aliphatic heterocycles. The monoisotopic (exact) mass is 93.1 g/mol. The molecule has 0 unspecified atom stereocenters. The fourth-order valence-corrected chi connectivity index (χ4v) is 0.962. The van der Waals surface area contributed by atoms with Crippen molar-refractivity contribution in [3.05, 3.63) is 0 Å². The summed E-state index contributed by atoms with van der Waals surface area (Å²) in [5, 5.41) is 0. The average Bonchev–Trinajstić information content (AvgIpc) is 2.33. The molecule has 1 heteroatoms. The highest BCUT2D eigenvalue weighted by Gasteiger charge is 2.31. The first-order chi connectivity index (χ1) is 3.45. The molecule has 0 aromatic heterocycles. The second-order valence-electron chi connectivity index (χ2n) is 2.87. The summed E-state index contributed by atoms with van der Waals surface area (Å²) in [6.45, 7) is 0. The Morgan fingerprint density at radius 3 is 1.57 bits per heavy atom. The minimum atomic E-state index is 1.06. The van der Waals surface area contributed by atoms with Gasteiger partial charge < -0.3 is 0 Å². The van der Waals surface area contributed by atoms with Crippen LogP contribution in [0.2, 0.25) is 11.6 Å². The van der Waals surface area contributed by atoms with Crippen molar-refractivity contribution >= 4 is 7.28 Å². The van der Waals surface area contributed by atoms with E-state index in [1.165, 1.54) is 25.7 Å². The maximum Gasteiger partial charge on any atom is 0.117 e. The molecule has 1 radical (unpaired) electrons. The molecular weight excluding hydrogens is 82.9 g/mol. The van der Waals surface area contributed by atoms with Gasteiger partial charge in [0.2, 0.25) is 0 Å². The molecule has 2 fully saturated rings. The molecule has 0 heterocycles. The van der Waals surface area contributed by atoms with E-state index in [0.29, 0.717) is 0 Å². The lowest BCUT2D eigenvalue weighted by Gasteiger charge is -1.82. The van der Waals surface area contributed by atoms with E-state index in [1.807, 2.05) is 0 Å². The van der Waals surface area contributed by atoms with Gasteiger partial charge in [0.05, 0.1) is 0 Å². The first-order valence-electron chi connectivity index (χ1n) is 3.30. The summed E-state index contributed by atoms with van der Waals surface area (Å²) in [6, 6.07) is 0. The van der Waals surface area contributed by atoms with Gasteiger partial charge in [-0.1, -0.05) is 37.3 Å². The molecule has 0 aromatic carbocycles. The van der Waals surface area contributed by atoms with E-state index >= 15 is 0 Å². The maximum absolute atomic E-state index is 2.56. The van der Waals surface area contributed by atoms with Crippen LogP contribution in [0.25, 0.3) is 0 Å². The Bertz CT molecular complexity index is 62.2. The third-order valence-corrected chi connectivity index (χ3v) is 1.79. The van der Waals surface area contributed by atoms with Gasteiger partial charge in [-0.15, -0.1) is 0 Å². The van der Waals surface area contributed by atoms with E-state index in [9.17, 15) is 0 Å². The lowest BCUT2D eigenvalue weighted by Crippen LogP contribution is -1.83. The predicted molar refractivity (Wildman–Crippen MR) is 31.7 cm³/mol. The van der Waals surface area contributed by atoms with E-state index in [0.717, 1.165) is 11.6 Å². The van der Waals surface area contributed by atoms with Crippen molar-refractivity contribution in [2.24, 2.45) is 0 Å². The molecule has 0 saturated heterocycles. The van der Waals surface area contributed by atoms with Crippen molar-refractivity contribution in [1.82, 2.24) is 0 Å². The van der Waals surface area contributed by atoms with Gasteiger partial charge in [-0.3, -0.25) is 0 Å². The van der Waals surface area contributed by atoms with Crippen molar-refractivity contribution in [2.75, 3.05) is 0 Å². The zero-order valence-corrected chi connectivity index (χ0v) is 4.56. The number of hydrogen-bond acceptors (Lipinski definition) is 0. The molecule has 2 rings (SSSR count). The Hall–Kier alpha value is 0.0649. The standard InChI is InChI=1S/C6H10B/c1-2-5(1)7-6-3-4-6/h5-6H,1-4H2. The van der Waals surface area contributed by atoms with Crippen LogP contribution in [-0.4, -0.2) is 7.28 Å². The quantitative estimate of drug-likeness (QED) is 0.457. The van der Waals surface area contributed by atoms with Gasteiger partial charge in [0.1, 0.15) is 7.28 Å². The van der Waals surface area contributed by atoms with Gasteiger partial charge in [0.25, 0.3) is 0 Å². The second-order valence-corrected chi connectivity index (χ2v) is 2.87. The van der Waals surface area contributed by atoms with Crippen LogP contribution in [0, 0.1) is 0 Å². The van der Waals surface area contributed by atoms with Crippen LogP contribution >= 0.6 is 0 Å². The van der Waals surface area contributed by atoms with Crippen molar-refractivity contribution in [1.29, 1.82) is 0 Å². The van der Waals surface area contributed by atoms with Crippen LogP contribution in [0.3, 0.4) is 0 Å². The summed E-state index contributed by atoms with van der Waals surface area (Å²) >= 11 is 0. The number of hydrogen-bond donors (Lipinski definition) is 0. The molecule has 2 saturated carbocycles. The minimum Gasteiger partial charge on any atom is -0.0686 e. The molecule has 2 aliphatic carbocycles. The van der Waals surface area contributed by atoms with Gasteiger partial charge in [0.15, 0.2) is 0 Å². The Kier molecular flexibility index (Phi) is 0.725. The zero-order valence-electron chi connectivity index (χ0n) is 4.56. The van der Waals surface area contributed by atoms with Crippen LogP contribution in [0.5, 0.6) is 0 Å². The highest BCUT2D eigenvalue weighted by Crippen LogP contribution is 2.45. The summed E-state index contributed by atoms with van der Waals surface area (Å²) in [5.41, 5.74) is 0. The topological polar surface area (TPSA) is 0 Å². The fourth-order valence-electron chi connectivity index (χ4n) is 0.962. The van der Waals surface area contributed by atoms with Crippen molar-refractivity contribution in [3.8, 4) is 0 Å². The van der Waals surface area contributed by atoms with E-state index in [4.69, 9.17) is 0 Å². The summed E-state index contributed by atoms with van der Waals surface area (Å²) in [6.07, 6.45) is 5.99. The molecule has 0 amide bonds. The maximum atomic E-state index is 2.56. The smallest absolute Gasteiger partial charge is 0.0686 e. The van der Waals surface area contributed by atoms with Crippen molar-refractivity contribution in [3.63, 3.8) is 0 Å². The highest BCUT2D eigenvalue weighted by atomic mass is 14.2. The summed E-state index contributed by atoms with van der Waals surface area (Å²) in [5.74, 6) is 2.12. The summed E-state index contributed by atoms with van der Waals surface area (Å²) < 4.78 is 0. The van der Waals surface area contributed by atoms with Crippen molar-refractivity contribution in [2.45, 2.75) is 37.3 Å². The van der Waals surface area contributed by atoms with Crippen LogP contribution < -0.4 is 0 Å². The van der Waals surface area contributed by atoms with Crippen LogP contribution in [-0.2, 0) is 0 Å². The van der Waals surface area contributed by atoms with E-state index in [2.05, 4.69) is 7.28 Å². The zero-order chi connectivity index (χ0) is 4.69. The predicted octanol–water partition coefficient (Wildman–Crippen LogP) is 1.86. The average molecular weight is 93.0 g/mol. The molecule has 2 aliphatic rings. The molecule has 0 atom stereocenters. The van der Waals surface area contributed by atoms with Crippen LogP contribution in [0.15, 0.2) is 0 Å². The normalized spacial score (nSPS) is 30.3. The SMILES string of the molecule is [B](C1CC1)C1CC1. The second kappa shape index (κ2) is 1.27. The largest absolute Gasteiger partial charge is 0.117 e. The molecule has 37 valence electrons. The Morgan fingerprint density at radius 2 is 1.29 bits per heavy atom. The summed E-state index contributed by atoms with van der Waals surface area (Å²) in [7, 11) is 2.56. The van der Waals surface area contributed by atoms with E-state index in [-0.39, 0.29) is 0 Å². The number of rotatable bonds is 2. The fraction of sp³-hybridized carbons (Fsp3) is 1.00. The molecule has 0 N–H and O–H groups in total. The van der Waals surface area contributed by atoms with Gasteiger partial charge in [-0.2, -0.15) is 0 Å². The molecule has 0 nitrogen and oxygen atoms in total. The molecule has 7 heavy (non-hydrogen) atoms. The van der Waals surface area contributed by atoms with Crippen LogP contribution in [0.1, 0.15) is 25.7 Å². The van der Waals surface area contributed by atoms with E-state index < -0.39 is 0 Å². The Labute approximate surface area is 45.5 Å². The molecular formula is C6H10B. The van der Waals surface area contributed by atoms with Gasteiger partial charge >= 0.3 is 0 Å². The third kappa shape index (κ3) is 0.989. The lowest BCUT2D eigenvalue weighted by molar-refractivity contribution is 1.32. The highest BCUT2D eigenvalue weighted by molar-refractivity contribution is 6.41. The Balaban J connectivity index is 1.69. The first kappa shape index (κ1) is 4.00.